The van der Waals surface area contributed by atoms with Crippen LogP contribution in [0.15, 0.2) is 60.8 Å². The van der Waals surface area contributed by atoms with Crippen molar-refractivity contribution in [3.05, 3.63) is 77.6 Å². The minimum absolute atomic E-state index is 0.155. The third-order valence-electron chi connectivity index (χ3n) is 4.62. The molecule has 30 heavy (non-hydrogen) atoms. The van der Waals surface area contributed by atoms with Gasteiger partial charge in [-0.3, -0.25) is 9.59 Å². The zero-order valence-corrected chi connectivity index (χ0v) is 17.4. The van der Waals surface area contributed by atoms with Gasteiger partial charge in [-0.25, -0.2) is 4.68 Å². The minimum Gasteiger partial charge on any atom is -0.378 e. The molecule has 0 aliphatic rings. The topological polar surface area (TPSA) is 83.4 Å². The lowest BCUT2D eigenvalue weighted by atomic mass is 10.2. The van der Waals surface area contributed by atoms with E-state index in [2.05, 4.69) is 15.6 Å². The lowest BCUT2D eigenvalue weighted by Gasteiger charge is -2.15. The predicted octanol–water partition coefficient (Wildman–Crippen LogP) is 2.05. The van der Waals surface area contributed by atoms with Gasteiger partial charge in [0.05, 0.1) is 12.7 Å². The van der Waals surface area contributed by atoms with Gasteiger partial charge in [-0.1, -0.05) is 41.6 Å². The van der Waals surface area contributed by atoms with Gasteiger partial charge in [0.2, 0.25) is 0 Å². The second-order valence-electron chi connectivity index (χ2n) is 7.21. The third-order valence-corrected chi connectivity index (χ3v) is 4.62. The Morgan fingerprint density at radius 2 is 1.80 bits per heavy atom. The standard InChI is InChI=1S/C22H26N6O2/c1-26(2)19-11-7-10-18(14-19)21(29)23-12-13-28-16-20(24-25-28)22(30)27(3)15-17-8-5-4-6-9-17/h4-11,14,16H,12-13,15H2,1-3H3,(H,23,29). The number of hydrogen-bond donors (Lipinski definition) is 1. The molecule has 0 atom stereocenters. The maximum atomic E-state index is 12.6. The average Bonchev–Trinajstić information content (AvgIpc) is 3.22. The first-order chi connectivity index (χ1) is 14.4. The molecule has 3 aromatic rings. The molecule has 0 bridgehead atoms. The summed E-state index contributed by atoms with van der Waals surface area (Å²) in [4.78, 5) is 28.4. The number of aromatic nitrogens is 3. The Kier molecular flexibility index (Phi) is 6.79. The van der Waals surface area contributed by atoms with Gasteiger partial charge in [0.15, 0.2) is 5.69 Å². The Morgan fingerprint density at radius 3 is 2.53 bits per heavy atom. The fourth-order valence-electron chi connectivity index (χ4n) is 2.94. The zero-order valence-electron chi connectivity index (χ0n) is 17.4. The van der Waals surface area contributed by atoms with E-state index in [4.69, 9.17) is 0 Å². The van der Waals surface area contributed by atoms with Crippen molar-refractivity contribution in [3.63, 3.8) is 0 Å². The number of carbonyl (C=O) groups excluding carboxylic acids is 2. The van der Waals surface area contributed by atoms with Crippen LogP contribution in [0.1, 0.15) is 26.4 Å². The lowest BCUT2D eigenvalue weighted by molar-refractivity contribution is 0.0778. The van der Waals surface area contributed by atoms with Crippen molar-refractivity contribution in [1.29, 1.82) is 0 Å². The molecule has 8 nitrogen and oxygen atoms in total. The molecule has 0 spiro atoms. The number of hydrogen-bond acceptors (Lipinski definition) is 5. The highest BCUT2D eigenvalue weighted by Crippen LogP contribution is 2.13. The van der Waals surface area contributed by atoms with Gasteiger partial charge in [0, 0.05) is 45.5 Å². The Hall–Kier alpha value is -3.68. The smallest absolute Gasteiger partial charge is 0.276 e. The normalized spacial score (nSPS) is 10.5. The third kappa shape index (κ3) is 5.44. The summed E-state index contributed by atoms with van der Waals surface area (Å²) in [5, 5.41) is 10.8. The summed E-state index contributed by atoms with van der Waals surface area (Å²) in [6.07, 6.45) is 1.60. The average molecular weight is 406 g/mol. The van der Waals surface area contributed by atoms with Crippen molar-refractivity contribution >= 4 is 17.5 Å². The van der Waals surface area contributed by atoms with E-state index in [0.29, 0.717) is 25.2 Å². The van der Waals surface area contributed by atoms with Crippen molar-refractivity contribution < 1.29 is 9.59 Å². The van der Waals surface area contributed by atoms with Crippen LogP contribution in [0.3, 0.4) is 0 Å². The van der Waals surface area contributed by atoms with Gasteiger partial charge in [-0.15, -0.1) is 5.10 Å². The summed E-state index contributed by atoms with van der Waals surface area (Å²) in [7, 11) is 5.59. The van der Waals surface area contributed by atoms with Crippen molar-refractivity contribution in [2.75, 3.05) is 32.6 Å². The molecular formula is C22H26N6O2. The molecule has 1 heterocycles. The molecule has 0 aliphatic heterocycles. The predicted molar refractivity (Wildman–Crippen MR) is 115 cm³/mol. The first kappa shape index (κ1) is 21.0. The summed E-state index contributed by atoms with van der Waals surface area (Å²) in [5.41, 5.74) is 2.88. The number of nitrogens with zero attached hydrogens (tertiary/aromatic N) is 5. The number of carbonyl (C=O) groups is 2. The van der Waals surface area contributed by atoms with Crippen LogP contribution in [0, 0.1) is 0 Å². The highest BCUT2D eigenvalue weighted by molar-refractivity contribution is 5.95. The van der Waals surface area contributed by atoms with Gasteiger partial charge in [0.25, 0.3) is 11.8 Å². The number of anilines is 1. The van der Waals surface area contributed by atoms with Crippen LogP contribution in [-0.2, 0) is 13.1 Å². The van der Waals surface area contributed by atoms with Gasteiger partial charge < -0.3 is 15.1 Å². The summed E-state index contributed by atoms with van der Waals surface area (Å²) < 4.78 is 1.56. The molecule has 0 saturated heterocycles. The fraction of sp³-hybridized carbons (Fsp3) is 0.273. The number of rotatable bonds is 8. The number of benzene rings is 2. The summed E-state index contributed by atoms with van der Waals surface area (Å²) in [6, 6.07) is 17.2. The van der Waals surface area contributed by atoms with Crippen LogP contribution in [0.2, 0.25) is 0 Å². The Morgan fingerprint density at radius 1 is 1.03 bits per heavy atom. The molecule has 156 valence electrons. The second kappa shape index (κ2) is 9.69. The van der Waals surface area contributed by atoms with Crippen LogP contribution in [0.5, 0.6) is 0 Å². The Bertz CT molecular complexity index is 1000. The highest BCUT2D eigenvalue weighted by Gasteiger charge is 2.16. The van der Waals surface area contributed by atoms with E-state index in [9.17, 15) is 9.59 Å². The van der Waals surface area contributed by atoms with Crippen LogP contribution in [-0.4, -0.2) is 59.4 Å². The van der Waals surface area contributed by atoms with E-state index in [0.717, 1.165) is 11.3 Å². The summed E-state index contributed by atoms with van der Waals surface area (Å²) in [5.74, 6) is -0.354. The molecule has 8 heteroatoms. The van der Waals surface area contributed by atoms with Gasteiger partial charge in [-0.2, -0.15) is 0 Å². The molecule has 0 unspecified atom stereocenters. The van der Waals surface area contributed by atoms with E-state index in [1.807, 2.05) is 67.5 Å². The summed E-state index contributed by atoms with van der Waals surface area (Å²) >= 11 is 0. The maximum absolute atomic E-state index is 12.6. The number of amides is 2. The SMILES string of the molecule is CN(Cc1ccccc1)C(=O)c1cn(CCNC(=O)c2cccc(N(C)C)c2)nn1. The molecule has 1 N–H and O–H groups in total. The highest BCUT2D eigenvalue weighted by atomic mass is 16.2. The first-order valence-corrected chi connectivity index (χ1v) is 9.69. The molecule has 0 saturated carbocycles. The van der Waals surface area contributed by atoms with Gasteiger partial charge in [0.1, 0.15) is 0 Å². The van der Waals surface area contributed by atoms with Crippen LogP contribution in [0.4, 0.5) is 5.69 Å². The quantitative estimate of drug-likeness (QED) is 0.619. The van der Waals surface area contributed by atoms with Crippen molar-refractivity contribution in [3.8, 4) is 0 Å². The van der Waals surface area contributed by atoms with E-state index in [-0.39, 0.29) is 17.5 Å². The van der Waals surface area contributed by atoms with E-state index in [1.165, 1.54) is 0 Å². The molecule has 0 aliphatic carbocycles. The molecule has 2 amide bonds. The molecular weight excluding hydrogens is 380 g/mol. The monoisotopic (exact) mass is 406 g/mol. The minimum atomic E-state index is -0.199. The van der Waals surface area contributed by atoms with Gasteiger partial charge in [-0.05, 0) is 23.8 Å². The Balaban J connectivity index is 1.51. The molecule has 0 radical (unpaired) electrons. The lowest BCUT2D eigenvalue weighted by Crippen LogP contribution is -2.27. The summed E-state index contributed by atoms with van der Waals surface area (Å²) in [6.45, 7) is 1.29. The van der Waals surface area contributed by atoms with Gasteiger partial charge >= 0.3 is 0 Å². The number of nitrogens with one attached hydrogen (secondary N) is 1. The zero-order chi connectivity index (χ0) is 21.5. The van der Waals surface area contributed by atoms with E-state index < -0.39 is 0 Å². The fourth-order valence-corrected chi connectivity index (χ4v) is 2.94. The largest absolute Gasteiger partial charge is 0.378 e. The molecule has 2 aromatic carbocycles. The van der Waals surface area contributed by atoms with E-state index >= 15 is 0 Å². The second-order valence-corrected chi connectivity index (χ2v) is 7.21. The Labute approximate surface area is 176 Å². The molecule has 1 aromatic heterocycles. The first-order valence-electron chi connectivity index (χ1n) is 9.69. The molecule has 0 fully saturated rings. The van der Waals surface area contributed by atoms with E-state index in [1.54, 1.807) is 28.9 Å². The van der Waals surface area contributed by atoms with Crippen molar-refractivity contribution in [2.45, 2.75) is 13.1 Å². The maximum Gasteiger partial charge on any atom is 0.276 e. The molecule has 3 rings (SSSR count). The van der Waals surface area contributed by atoms with Crippen LogP contribution < -0.4 is 10.2 Å². The van der Waals surface area contributed by atoms with Crippen molar-refractivity contribution in [2.24, 2.45) is 0 Å². The van der Waals surface area contributed by atoms with Crippen LogP contribution in [0.25, 0.3) is 0 Å². The van der Waals surface area contributed by atoms with Crippen molar-refractivity contribution in [1.82, 2.24) is 25.2 Å². The van der Waals surface area contributed by atoms with Crippen LogP contribution >= 0.6 is 0 Å².